The fourth-order valence-electron chi connectivity index (χ4n) is 3.41. The third-order valence-electron chi connectivity index (χ3n) is 4.79. The van der Waals surface area contributed by atoms with Gasteiger partial charge in [0.2, 0.25) is 0 Å². The third-order valence-corrected chi connectivity index (χ3v) is 4.79. The van der Waals surface area contributed by atoms with Crippen molar-refractivity contribution >= 4 is 23.4 Å². The minimum absolute atomic E-state index is 0. The molecule has 22 heavy (non-hydrogen) atoms. The predicted octanol–water partition coefficient (Wildman–Crippen LogP) is 3.11. The van der Waals surface area contributed by atoms with Crippen molar-refractivity contribution in [3.05, 3.63) is 34.2 Å². The second-order valence-electron chi connectivity index (χ2n) is 6.29. The Bertz CT molecular complexity index is 681. The molecular formula is C17H26ClN3O. The molecule has 2 aromatic rings. The van der Waals surface area contributed by atoms with Crippen LogP contribution < -0.4 is 11.0 Å². The number of benzene rings is 1. The van der Waals surface area contributed by atoms with E-state index in [1.807, 2.05) is 14.1 Å². The molecule has 0 saturated heterocycles. The fourth-order valence-corrected chi connectivity index (χ4v) is 3.41. The summed E-state index contributed by atoms with van der Waals surface area (Å²) in [6.45, 7) is 0.893. The topological polar surface area (TPSA) is 39.0 Å². The first-order valence-corrected chi connectivity index (χ1v) is 8.04. The van der Waals surface area contributed by atoms with Gasteiger partial charge < -0.3 is 5.32 Å². The van der Waals surface area contributed by atoms with Gasteiger partial charge in [0.15, 0.2) is 0 Å². The molecule has 0 bridgehead atoms. The first kappa shape index (κ1) is 17.1. The molecular weight excluding hydrogens is 298 g/mol. The molecule has 1 saturated carbocycles. The van der Waals surface area contributed by atoms with Gasteiger partial charge in [-0.1, -0.05) is 31.7 Å². The van der Waals surface area contributed by atoms with Crippen LogP contribution in [0.1, 0.15) is 44.1 Å². The lowest BCUT2D eigenvalue weighted by Crippen LogP contribution is -2.27. The number of imidazole rings is 1. The lowest BCUT2D eigenvalue weighted by Gasteiger charge is -2.16. The van der Waals surface area contributed by atoms with Gasteiger partial charge in [-0.05, 0) is 30.5 Å². The van der Waals surface area contributed by atoms with E-state index in [9.17, 15) is 4.79 Å². The third kappa shape index (κ3) is 3.39. The van der Waals surface area contributed by atoms with Crippen molar-refractivity contribution in [3.8, 4) is 0 Å². The van der Waals surface area contributed by atoms with Gasteiger partial charge in [-0.3, -0.25) is 9.13 Å². The molecule has 1 heterocycles. The van der Waals surface area contributed by atoms with Gasteiger partial charge in [0, 0.05) is 26.7 Å². The Morgan fingerprint density at radius 2 is 1.68 bits per heavy atom. The lowest BCUT2D eigenvalue weighted by molar-refractivity contribution is 0.459. The van der Waals surface area contributed by atoms with E-state index in [1.165, 1.54) is 44.1 Å². The number of nitrogens with zero attached hydrogens (tertiary/aromatic N) is 2. The van der Waals surface area contributed by atoms with E-state index in [0.29, 0.717) is 6.04 Å². The highest BCUT2D eigenvalue weighted by Crippen LogP contribution is 2.18. The number of hydrogen-bond acceptors (Lipinski definition) is 2. The number of aromatic nitrogens is 2. The molecule has 5 heteroatoms. The molecule has 0 amide bonds. The van der Waals surface area contributed by atoms with Gasteiger partial charge in [0.25, 0.3) is 0 Å². The molecule has 1 aromatic carbocycles. The van der Waals surface area contributed by atoms with E-state index in [-0.39, 0.29) is 18.1 Å². The van der Waals surface area contributed by atoms with Crippen molar-refractivity contribution in [2.24, 2.45) is 14.1 Å². The molecule has 3 rings (SSSR count). The average Bonchev–Trinajstić information content (AvgIpc) is 2.73. The van der Waals surface area contributed by atoms with Crippen LogP contribution >= 0.6 is 12.4 Å². The maximum absolute atomic E-state index is 12.0. The molecule has 1 aromatic heterocycles. The molecule has 0 atom stereocenters. The second-order valence-corrected chi connectivity index (χ2v) is 6.29. The molecule has 1 N–H and O–H groups in total. The van der Waals surface area contributed by atoms with E-state index in [0.717, 1.165) is 17.6 Å². The van der Waals surface area contributed by atoms with Crippen molar-refractivity contribution in [2.45, 2.75) is 51.1 Å². The highest BCUT2D eigenvalue weighted by molar-refractivity contribution is 5.85. The van der Waals surface area contributed by atoms with Crippen LogP contribution in [0, 0.1) is 0 Å². The largest absolute Gasteiger partial charge is 0.328 e. The molecule has 0 spiro atoms. The van der Waals surface area contributed by atoms with Gasteiger partial charge in [-0.2, -0.15) is 0 Å². The summed E-state index contributed by atoms with van der Waals surface area (Å²) in [6.07, 6.45) is 8.07. The van der Waals surface area contributed by atoms with Crippen LogP contribution in [0.25, 0.3) is 11.0 Å². The Balaban J connectivity index is 0.00000176. The highest BCUT2D eigenvalue weighted by Gasteiger charge is 2.12. The normalized spacial score (nSPS) is 16.5. The quantitative estimate of drug-likeness (QED) is 0.881. The summed E-state index contributed by atoms with van der Waals surface area (Å²) in [5, 5.41) is 3.69. The van der Waals surface area contributed by atoms with Crippen LogP contribution in [-0.4, -0.2) is 15.2 Å². The number of aryl methyl sites for hydroxylation is 2. The zero-order valence-electron chi connectivity index (χ0n) is 13.5. The molecule has 122 valence electrons. The van der Waals surface area contributed by atoms with Gasteiger partial charge in [-0.25, -0.2) is 4.79 Å². The van der Waals surface area contributed by atoms with Crippen LogP contribution in [0.5, 0.6) is 0 Å². The smallest absolute Gasteiger partial charge is 0.310 e. The standard InChI is InChI=1S/C17H25N3O.ClH/c1-19-15-10-9-13(11-16(15)20(2)17(19)21)12-18-14-7-5-3-4-6-8-14;/h9-11,14,18H,3-8,12H2,1-2H3;1H. The summed E-state index contributed by atoms with van der Waals surface area (Å²) < 4.78 is 3.43. The van der Waals surface area contributed by atoms with E-state index >= 15 is 0 Å². The summed E-state index contributed by atoms with van der Waals surface area (Å²) in [6, 6.07) is 6.98. The minimum atomic E-state index is 0. The zero-order valence-corrected chi connectivity index (χ0v) is 14.3. The predicted molar refractivity (Wildman–Crippen MR) is 93.7 cm³/mol. The van der Waals surface area contributed by atoms with E-state index in [2.05, 4.69) is 23.5 Å². The number of fused-ring (bicyclic) bond motifs is 1. The first-order valence-electron chi connectivity index (χ1n) is 8.04. The Hall–Kier alpha value is -1.26. The van der Waals surface area contributed by atoms with Crippen LogP contribution in [0.3, 0.4) is 0 Å². The van der Waals surface area contributed by atoms with Gasteiger partial charge in [0.1, 0.15) is 0 Å². The van der Waals surface area contributed by atoms with E-state index < -0.39 is 0 Å². The molecule has 0 unspecified atom stereocenters. The van der Waals surface area contributed by atoms with E-state index in [4.69, 9.17) is 0 Å². The Kier molecular flexibility index (Phi) is 5.70. The van der Waals surface area contributed by atoms with Crippen molar-refractivity contribution in [1.29, 1.82) is 0 Å². The Labute approximate surface area is 137 Å². The van der Waals surface area contributed by atoms with Crippen molar-refractivity contribution in [1.82, 2.24) is 14.5 Å². The van der Waals surface area contributed by atoms with Gasteiger partial charge >= 0.3 is 5.69 Å². The molecule has 4 nitrogen and oxygen atoms in total. The van der Waals surface area contributed by atoms with Crippen LogP contribution in [0.15, 0.2) is 23.0 Å². The van der Waals surface area contributed by atoms with Gasteiger partial charge in [0.05, 0.1) is 11.0 Å². The zero-order chi connectivity index (χ0) is 14.8. The minimum Gasteiger partial charge on any atom is -0.310 e. The highest BCUT2D eigenvalue weighted by atomic mass is 35.5. The summed E-state index contributed by atoms with van der Waals surface area (Å²) in [5.74, 6) is 0. The second kappa shape index (κ2) is 7.34. The number of rotatable bonds is 3. The van der Waals surface area contributed by atoms with Crippen molar-refractivity contribution < 1.29 is 0 Å². The lowest BCUT2D eigenvalue weighted by atomic mass is 10.1. The molecule has 0 aliphatic heterocycles. The fraction of sp³-hybridized carbons (Fsp3) is 0.588. The molecule has 1 fully saturated rings. The maximum Gasteiger partial charge on any atom is 0.328 e. The number of hydrogen-bond donors (Lipinski definition) is 1. The van der Waals surface area contributed by atoms with Crippen molar-refractivity contribution in [2.75, 3.05) is 0 Å². The summed E-state index contributed by atoms with van der Waals surface area (Å²) in [7, 11) is 3.67. The SMILES string of the molecule is Cl.Cn1c(=O)n(C)c2cc(CNC3CCCCCC3)ccc21. The van der Waals surface area contributed by atoms with Gasteiger partial charge in [-0.15, -0.1) is 12.4 Å². The molecule has 0 radical (unpaired) electrons. The first-order chi connectivity index (χ1) is 10.2. The average molecular weight is 324 g/mol. The van der Waals surface area contributed by atoms with Crippen LogP contribution in [0.2, 0.25) is 0 Å². The van der Waals surface area contributed by atoms with Crippen LogP contribution in [-0.2, 0) is 20.6 Å². The Morgan fingerprint density at radius 1 is 1.05 bits per heavy atom. The molecule has 1 aliphatic rings. The number of nitrogens with one attached hydrogen (secondary N) is 1. The number of halogens is 1. The monoisotopic (exact) mass is 323 g/mol. The summed E-state index contributed by atoms with van der Waals surface area (Å²) in [4.78, 5) is 12.0. The summed E-state index contributed by atoms with van der Waals surface area (Å²) in [5.41, 5.74) is 3.32. The molecule has 1 aliphatic carbocycles. The Morgan fingerprint density at radius 3 is 2.36 bits per heavy atom. The van der Waals surface area contributed by atoms with E-state index in [1.54, 1.807) is 9.13 Å². The maximum atomic E-state index is 12.0. The van der Waals surface area contributed by atoms with Crippen molar-refractivity contribution in [3.63, 3.8) is 0 Å². The van der Waals surface area contributed by atoms with Crippen LogP contribution in [0.4, 0.5) is 0 Å². The summed E-state index contributed by atoms with van der Waals surface area (Å²) >= 11 is 0.